The first-order valence-corrected chi connectivity index (χ1v) is 7.49. The van der Waals surface area contributed by atoms with Gasteiger partial charge in [-0.25, -0.2) is 9.80 Å². The van der Waals surface area contributed by atoms with E-state index in [4.69, 9.17) is 20.9 Å². The van der Waals surface area contributed by atoms with Crippen LogP contribution >= 0.6 is 0 Å². The van der Waals surface area contributed by atoms with E-state index in [2.05, 4.69) is 11.2 Å². The number of hydrogen-bond donors (Lipinski definition) is 2. The maximum Gasteiger partial charge on any atom is 0.490 e. The van der Waals surface area contributed by atoms with E-state index in [0.29, 0.717) is 6.42 Å². The number of hydrogen-bond acceptors (Lipinski definition) is 5. The number of nitriles is 1. The van der Waals surface area contributed by atoms with Crippen LogP contribution in [-0.4, -0.2) is 46.5 Å². The number of amides is 1. The molecule has 1 saturated carbocycles. The molecule has 0 bridgehead atoms. The Morgan fingerprint density at radius 3 is 2.33 bits per heavy atom. The number of hydrazone groups is 1. The largest absolute Gasteiger partial charge is 0.490 e. The van der Waals surface area contributed by atoms with E-state index in [1.807, 2.05) is 0 Å². The molecule has 0 aromatic heterocycles. The predicted molar refractivity (Wildman–Crippen MR) is 77.6 cm³/mol. The van der Waals surface area contributed by atoms with E-state index in [0.717, 1.165) is 25.7 Å². The van der Waals surface area contributed by atoms with Gasteiger partial charge >= 0.3 is 12.1 Å². The van der Waals surface area contributed by atoms with Gasteiger partial charge in [0, 0.05) is 12.6 Å². The first-order valence-electron chi connectivity index (χ1n) is 7.49. The Bertz CT molecular complexity index is 524. The van der Waals surface area contributed by atoms with Crippen LogP contribution in [0.2, 0.25) is 0 Å². The molecule has 24 heavy (non-hydrogen) atoms. The monoisotopic (exact) mass is 348 g/mol. The average Bonchev–Trinajstić information content (AvgIpc) is 3.02. The van der Waals surface area contributed by atoms with E-state index in [1.54, 1.807) is 6.21 Å². The highest BCUT2D eigenvalue weighted by Gasteiger charge is 2.38. The molecular formula is C14H19F3N4O3. The van der Waals surface area contributed by atoms with Crippen molar-refractivity contribution < 1.29 is 27.9 Å². The minimum Gasteiger partial charge on any atom is -0.475 e. The molecular weight excluding hydrogens is 329 g/mol. The second-order valence-corrected chi connectivity index (χ2v) is 5.59. The minimum atomic E-state index is -5.08. The smallest absolute Gasteiger partial charge is 0.475 e. The molecule has 3 N–H and O–H groups in total. The van der Waals surface area contributed by atoms with Gasteiger partial charge in [0.1, 0.15) is 6.04 Å². The molecule has 0 spiro atoms. The minimum absolute atomic E-state index is 0.197. The van der Waals surface area contributed by atoms with E-state index in [9.17, 15) is 18.0 Å². The molecule has 7 nitrogen and oxygen atoms in total. The lowest BCUT2D eigenvalue weighted by atomic mass is 9.84. The van der Waals surface area contributed by atoms with Crippen molar-refractivity contribution in [2.75, 3.05) is 0 Å². The van der Waals surface area contributed by atoms with Crippen molar-refractivity contribution in [1.29, 1.82) is 5.26 Å². The van der Waals surface area contributed by atoms with Gasteiger partial charge in [-0.3, -0.25) is 4.79 Å². The Balaban J connectivity index is 0.000000351. The summed E-state index contributed by atoms with van der Waals surface area (Å²) in [5.41, 5.74) is 6.01. The molecule has 2 rings (SSSR count). The number of rotatable bonds is 2. The van der Waals surface area contributed by atoms with Gasteiger partial charge in [0.2, 0.25) is 0 Å². The Labute approximate surface area is 136 Å². The first-order chi connectivity index (χ1) is 11.2. The Kier molecular flexibility index (Phi) is 7.16. The Morgan fingerprint density at radius 2 is 1.88 bits per heavy atom. The zero-order chi connectivity index (χ0) is 18.3. The van der Waals surface area contributed by atoms with Crippen molar-refractivity contribution >= 4 is 18.1 Å². The van der Waals surface area contributed by atoms with Crippen LogP contribution in [0, 0.1) is 17.2 Å². The second-order valence-electron chi connectivity index (χ2n) is 5.59. The van der Waals surface area contributed by atoms with Crippen LogP contribution < -0.4 is 5.73 Å². The summed E-state index contributed by atoms with van der Waals surface area (Å²) in [5.74, 6) is -2.70. The topological polar surface area (TPSA) is 120 Å². The lowest BCUT2D eigenvalue weighted by Crippen LogP contribution is -2.48. The fourth-order valence-electron chi connectivity index (χ4n) is 2.58. The van der Waals surface area contributed by atoms with E-state index < -0.39 is 24.2 Å². The van der Waals surface area contributed by atoms with Crippen LogP contribution in [0.15, 0.2) is 5.10 Å². The summed E-state index contributed by atoms with van der Waals surface area (Å²) in [6.45, 7) is 0. The van der Waals surface area contributed by atoms with Crippen LogP contribution in [0.4, 0.5) is 13.2 Å². The van der Waals surface area contributed by atoms with Gasteiger partial charge < -0.3 is 10.8 Å². The highest BCUT2D eigenvalue weighted by molar-refractivity contribution is 5.84. The molecule has 0 saturated heterocycles. The lowest BCUT2D eigenvalue weighted by molar-refractivity contribution is -0.192. The molecule has 1 amide bonds. The average molecular weight is 348 g/mol. The number of alkyl halides is 3. The first kappa shape index (κ1) is 19.9. The Morgan fingerprint density at radius 1 is 1.33 bits per heavy atom. The number of carbonyl (C=O) groups excluding carboxylic acids is 1. The van der Waals surface area contributed by atoms with E-state index >= 15 is 0 Å². The van der Waals surface area contributed by atoms with Crippen LogP contribution in [0.1, 0.15) is 38.5 Å². The molecule has 2 atom stereocenters. The molecule has 0 radical (unpaired) electrons. The summed E-state index contributed by atoms with van der Waals surface area (Å²) in [6, 6.07) is 1.12. The number of halogens is 3. The van der Waals surface area contributed by atoms with Gasteiger partial charge in [-0.15, -0.1) is 0 Å². The third-order valence-corrected chi connectivity index (χ3v) is 3.89. The molecule has 10 heteroatoms. The third-order valence-electron chi connectivity index (χ3n) is 3.89. The normalized spacial score (nSPS) is 22.3. The van der Waals surface area contributed by atoms with Gasteiger partial charge in [0.05, 0.1) is 12.1 Å². The van der Waals surface area contributed by atoms with Gasteiger partial charge in [0.25, 0.3) is 5.91 Å². The zero-order valence-electron chi connectivity index (χ0n) is 12.9. The van der Waals surface area contributed by atoms with Crippen molar-refractivity contribution in [1.82, 2.24) is 5.01 Å². The summed E-state index contributed by atoms with van der Waals surface area (Å²) in [7, 11) is 0. The van der Waals surface area contributed by atoms with Crippen LogP contribution in [0.5, 0.6) is 0 Å². The quantitative estimate of drug-likeness (QED) is 0.786. The van der Waals surface area contributed by atoms with Gasteiger partial charge in [-0.2, -0.15) is 23.5 Å². The van der Waals surface area contributed by atoms with Crippen molar-refractivity contribution in [2.45, 2.75) is 56.8 Å². The molecule has 0 unspecified atom stereocenters. The molecule has 134 valence electrons. The summed E-state index contributed by atoms with van der Waals surface area (Å²) in [4.78, 5) is 21.0. The highest BCUT2D eigenvalue weighted by Crippen LogP contribution is 2.27. The van der Waals surface area contributed by atoms with E-state index in [-0.39, 0.29) is 11.8 Å². The predicted octanol–water partition coefficient (Wildman–Crippen LogP) is 1.64. The molecule has 0 aromatic carbocycles. The fourth-order valence-corrected chi connectivity index (χ4v) is 2.58. The molecule has 1 aliphatic carbocycles. The van der Waals surface area contributed by atoms with Crippen LogP contribution in [0.25, 0.3) is 0 Å². The number of nitrogens with zero attached hydrogens (tertiary/aromatic N) is 3. The standard InChI is InChI=1S/C12H18N4O.C2HF3O2/c13-8-10-6-7-15-16(10)12(17)11(14)9-4-2-1-3-5-9;3-2(4,5)1(6)7/h7,9-11H,1-6,14H2;(H,6,7)/t10-,11+;/m1./s1. The number of carboxylic acids is 1. The van der Waals surface area contributed by atoms with Crippen LogP contribution in [0.3, 0.4) is 0 Å². The molecule has 1 aliphatic heterocycles. The number of carbonyl (C=O) groups is 2. The SMILES string of the molecule is N#C[C@H]1CC=NN1C(=O)[C@@H](N)C1CCCCC1.O=C(O)C(F)(F)F. The second kappa shape index (κ2) is 8.63. The van der Waals surface area contributed by atoms with Crippen molar-refractivity contribution in [2.24, 2.45) is 16.8 Å². The summed E-state index contributed by atoms with van der Waals surface area (Å²) in [6.07, 6.45) is 2.61. The van der Waals surface area contributed by atoms with Gasteiger partial charge in [-0.1, -0.05) is 19.3 Å². The fraction of sp³-hybridized carbons (Fsp3) is 0.714. The van der Waals surface area contributed by atoms with Gasteiger partial charge in [0.15, 0.2) is 0 Å². The molecule has 1 heterocycles. The lowest BCUT2D eigenvalue weighted by Gasteiger charge is -2.29. The summed E-state index contributed by atoms with van der Waals surface area (Å²) in [5, 5.41) is 21.3. The molecule has 2 aliphatic rings. The Hall–Kier alpha value is -2.15. The molecule has 0 aromatic rings. The maximum atomic E-state index is 12.1. The highest BCUT2D eigenvalue weighted by atomic mass is 19.4. The van der Waals surface area contributed by atoms with Crippen molar-refractivity contribution in [3.05, 3.63) is 0 Å². The van der Waals surface area contributed by atoms with Crippen molar-refractivity contribution in [3.63, 3.8) is 0 Å². The van der Waals surface area contributed by atoms with E-state index in [1.165, 1.54) is 11.4 Å². The third kappa shape index (κ3) is 5.49. The maximum absolute atomic E-state index is 12.1. The summed E-state index contributed by atoms with van der Waals surface area (Å²) < 4.78 is 31.7. The number of aliphatic carboxylic acids is 1. The van der Waals surface area contributed by atoms with Crippen LogP contribution in [-0.2, 0) is 9.59 Å². The number of carboxylic acid groups (broad SMARTS) is 1. The number of nitrogens with two attached hydrogens (primary N) is 1. The van der Waals surface area contributed by atoms with Gasteiger partial charge in [-0.05, 0) is 18.8 Å². The summed E-state index contributed by atoms with van der Waals surface area (Å²) >= 11 is 0. The van der Waals surface area contributed by atoms with Crippen molar-refractivity contribution in [3.8, 4) is 6.07 Å². The molecule has 1 fully saturated rings. The zero-order valence-corrected chi connectivity index (χ0v) is 12.9.